The first kappa shape index (κ1) is 14.1. The van der Waals surface area contributed by atoms with Gasteiger partial charge in [0.15, 0.2) is 0 Å². The van der Waals surface area contributed by atoms with Crippen LogP contribution in [-0.4, -0.2) is 35.5 Å². The highest BCUT2D eigenvalue weighted by Crippen LogP contribution is 2.29. The topological polar surface area (TPSA) is 54.4 Å². The maximum Gasteiger partial charge on any atom is 0.417 e. The number of nitrogens with one attached hydrogen (secondary N) is 1. The van der Waals surface area contributed by atoms with Gasteiger partial charge in [0, 0.05) is 38.8 Å². The number of aliphatic hydroxyl groups is 1. The maximum absolute atomic E-state index is 12.3. The van der Waals surface area contributed by atoms with Crippen molar-refractivity contribution < 1.29 is 23.0 Å². The molecule has 106 valence electrons. The largest absolute Gasteiger partial charge is 0.417 e. The molecule has 1 fully saturated rings. The molecule has 0 spiro atoms. The fraction of sp³-hybridized carbons (Fsp3) is 0.583. The van der Waals surface area contributed by atoms with Crippen LogP contribution in [0, 0.1) is 0 Å². The molecule has 0 radical (unpaired) electrons. The minimum Gasteiger partial charge on any atom is -0.388 e. The van der Waals surface area contributed by atoms with Crippen molar-refractivity contribution in [3.63, 3.8) is 0 Å². The molecule has 2 rings (SSSR count). The summed E-state index contributed by atoms with van der Waals surface area (Å²) in [5, 5.41) is 13.0. The Morgan fingerprint density at radius 3 is 2.53 bits per heavy atom. The molecule has 2 heterocycles. The minimum absolute atomic E-state index is 0.245. The van der Waals surface area contributed by atoms with E-state index in [0.29, 0.717) is 31.9 Å². The molecule has 2 N–H and O–H groups in total. The van der Waals surface area contributed by atoms with Crippen molar-refractivity contribution in [1.82, 2.24) is 4.98 Å². The molecule has 1 aromatic rings. The molecule has 1 aliphatic rings. The average molecular weight is 276 g/mol. The van der Waals surface area contributed by atoms with Crippen LogP contribution in [-0.2, 0) is 10.9 Å². The average Bonchev–Trinajstić information content (AvgIpc) is 2.37. The lowest BCUT2D eigenvalue weighted by Gasteiger charge is -2.32. The summed E-state index contributed by atoms with van der Waals surface area (Å²) < 4.78 is 42.2. The van der Waals surface area contributed by atoms with Crippen LogP contribution >= 0.6 is 0 Å². The van der Waals surface area contributed by atoms with Crippen molar-refractivity contribution in [2.75, 3.05) is 25.1 Å². The van der Waals surface area contributed by atoms with Gasteiger partial charge in [0.1, 0.15) is 5.82 Å². The molecule has 4 nitrogen and oxygen atoms in total. The van der Waals surface area contributed by atoms with Gasteiger partial charge < -0.3 is 15.2 Å². The standard InChI is InChI=1S/C12H15F3N2O2/c13-12(14,15)9-1-2-10(16-7-9)17-8-11(18)3-5-19-6-4-11/h1-2,7,18H,3-6,8H2,(H,16,17). The summed E-state index contributed by atoms with van der Waals surface area (Å²) in [4.78, 5) is 3.69. The van der Waals surface area contributed by atoms with Gasteiger partial charge in [-0.05, 0) is 12.1 Å². The molecule has 0 unspecified atom stereocenters. The summed E-state index contributed by atoms with van der Waals surface area (Å²) in [5.74, 6) is 0.313. The molecular weight excluding hydrogens is 261 g/mol. The second kappa shape index (κ2) is 5.34. The number of anilines is 1. The second-order valence-corrected chi connectivity index (χ2v) is 4.62. The van der Waals surface area contributed by atoms with E-state index < -0.39 is 17.3 Å². The molecule has 0 aliphatic carbocycles. The third-order valence-corrected chi connectivity index (χ3v) is 3.11. The van der Waals surface area contributed by atoms with E-state index in [1.165, 1.54) is 6.07 Å². The Labute approximate surface area is 108 Å². The Balaban J connectivity index is 1.93. The summed E-state index contributed by atoms with van der Waals surface area (Å²) in [6, 6.07) is 2.22. The van der Waals surface area contributed by atoms with Crippen molar-refractivity contribution in [3.05, 3.63) is 23.9 Å². The van der Waals surface area contributed by atoms with Crippen LogP contribution < -0.4 is 5.32 Å². The molecule has 1 saturated heterocycles. The van der Waals surface area contributed by atoms with Gasteiger partial charge >= 0.3 is 6.18 Å². The van der Waals surface area contributed by atoms with Crippen LogP contribution in [0.15, 0.2) is 18.3 Å². The van der Waals surface area contributed by atoms with Gasteiger partial charge in [-0.1, -0.05) is 0 Å². The van der Waals surface area contributed by atoms with Crippen molar-refractivity contribution >= 4 is 5.82 Å². The van der Waals surface area contributed by atoms with Crippen molar-refractivity contribution in [3.8, 4) is 0 Å². The van der Waals surface area contributed by atoms with Gasteiger partial charge in [-0.25, -0.2) is 4.98 Å². The molecule has 0 bridgehead atoms. The zero-order chi connectivity index (χ0) is 13.9. The van der Waals surface area contributed by atoms with Crippen LogP contribution in [0.5, 0.6) is 0 Å². The zero-order valence-electron chi connectivity index (χ0n) is 10.2. The van der Waals surface area contributed by atoms with Gasteiger partial charge in [0.05, 0.1) is 11.2 Å². The molecule has 0 saturated carbocycles. The molecular formula is C12H15F3N2O2. The van der Waals surface area contributed by atoms with Crippen LogP contribution in [0.25, 0.3) is 0 Å². The molecule has 0 amide bonds. The Morgan fingerprint density at radius 2 is 2.00 bits per heavy atom. The number of hydrogen-bond donors (Lipinski definition) is 2. The number of pyridine rings is 1. The Kier molecular flexibility index (Phi) is 3.96. The number of hydrogen-bond acceptors (Lipinski definition) is 4. The van der Waals surface area contributed by atoms with Crippen LogP contribution in [0.3, 0.4) is 0 Å². The number of halogens is 3. The maximum atomic E-state index is 12.3. The highest BCUT2D eigenvalue weighted by atomic mass is 19.4. The van der Waals surface area contributed by atoms with E-state index in [4.69, 9.17) is 4.74 Å². The summed E-state index contributed by atoms with van der Waals surface area (Å²) in [6.07, 6.45) is -2.61. The van der Waals surface area contributed by atoms with E-state index in [2.05, 4.69) is 10.3 Å². The first-order valence-corrected chi connectivity index (χ1v) is 5.96. The van der Waals surface area contributed by atoms with Crippen molar-refractivity contribution in [2.45, 2.75) is 24.6 Å². The van der Waals surface area contributed by atoms with E-state index in [-0.39, 0.29) is 6.54 Å². The molecule has 1 aliphatic heterocycles. The smallest absolute Gasteiger partial charge is 0.388 e. The van der Waals surface area contributed by atoms with Crippen LogP contribution in [0.1, 0.15) is 18.4 Å². The van der Waals surface area contributed by atoms with Crippen LogP contribution in [0.4, 0.5) is 19.0 Å². The molecule has 1 aromatic heterocycles. The van der Waals surface area contributed by atoms with Crippen LogP contribution in [0.2, 0.25) is 0 Å². The number of nitrogens with zero attached hydrogens (tertiary/aromatic N) is 1. The third-order valence-electron chi connectivity index (χ3n) is 3.11. The summed E-state index contributed by atoms with van der Waals surface area (Å²) in [5.41, 5.74) is -1.68. The number of aromatic nitrogens is 1. The predicted octanol–water partition coefficient (Wildman–Crippen LogP) is 2.05. The minimum atomic E-state index is -4.38. The quantitative estimate of drug-likeness (QED) is 0.887. The fourth-order valence-electron chi connectivity index (χ4n) is 1.85. The monoisotopic (exact) mass is 276 g/mol. The van der Waals surface area contributed by atoms with Gasteiger partial charge in [-0.15, -0.1) is 0 Å². The van der Waals surface area contributed by atoms with Crippen molar-refractivity contribution in [1.29, 1.82) is 0 Å². The van der Waals surface area contributed by atoms with E-state index >= 15 is 0 Å². The lowest BCUT2D eigenvalue weighted by atomic mass is 9.94. The predicted molar refractivity (Wildman–Crippen MR) is 62.7 cm³/mol. The summed E-state index contributed by atoms with van der Waals surface area (Å²) in [6.45, 7) is 1.21. The fourth-order valence-corrected chi connectivity index (χ4v) is 1.85. The highest BCUT2D eigenvalue weighted by molar-refractivity contribution is 5.36. The Bertz CT molecular complexity index is 414. The van der Waals surface area contributed by atoms with E-state index in [1.807, 2.05) is 0 Å². The lowest BCUT2D eigenvalue weighted by molar-refractivity contribution is -0.137. The second-order valence-electron chi connectivity index (χ2n) is 4.62. The summed E-state index contributed by atoms with van der Waals surface area (Å²) in [7, 11) is 0. The van der Waals surface area contributed by atoms with Crippen molar-refractivity contribution in [2.24, 2.45) is 0 Å². The van der Waals surface area contributed by atoms with Gasteiger partial charge in [-0.2, -0.15) is 13.2 Å². The van der Waals surface area contributed by atoms with Gasteiger partial charge in [0.25, 0.3) is 0 Å². The molecule has 7 heteroatoms. The number of alkyl halides is 3. The molecule has 0 aromatic carbocycles. The molecule has 0 atom stereocenters. The number of ether oxygens (including phenoxy) is 1. The van der Waals surface area contributed by atoms with E-state index in [1.54, 1.807) is 0 Å². The van der Waals surface area contributed by atoms with E-state index in [0.717, 1.165) is 12.3 Å². The lowest BCUT2D eigenvalue weighted by Crippen LogP contribution is -2.42. The van der Waals surface area contributed by atoms with Gasteiger partial charge in [-0.3, -0.25) is 0 Å². The Hall–Kier alpha value is -1.34. The molecule has 19 heavy (non-hydrogen) atoms. The van der Waals surface area contributed by atoms with Gasteiger partial charge in [0.2, 0.25) is 0 Å². The Morgan fingerprint density at radius 1 is 1.32 bits per heavy atom. The SMILES string of the molecule is OC1(CNc2ccc(C(F)(F)F)cn2)CCOCC1. The third kappa shape index (κ3) is 3.81. The normalized spacial score (nSPS) is 19.2. The zero-order valence-corrected chi connectivity index (χ0v) is 10.2. The first-order valence-electron chi connectivity index (χ1n) is 5.96. The summed E-state index contributed by atoms with van der Waals surface area (Å²) >= 11 is 0. The highest BCUT2D eigenvalue weighted by Gasteiger charge is 2.31. The number of rotatable bonds is 3. The first-order chi connectivity index (χ1) is 8.89. The van der Waals surface area contributed by atoms with E-state index in [9.17, 15) is 18.3 Å².